The van der Waals surface area contributed by atoms with Crippen LogP contribution in [-0.4, -0.2) is 13.0 Å². The maximum Gasteiger partial charge on any atom is 0.294 e. The molecule has 0 fully saturated rings. The number of rotatable bonds is 7. The number of nitrogen functional groups attached to an aromatic ring is 1. The van der Waals surface area contributed by atoms with E-state index in [0.717, 1.165) is 42.5 Å². The van der Waals surface area contributed by atoms with Gasteiger partial charge >= 0.3 is 0 Å². The van der Waals surface area contributed by atoms with Gasteiger partial charge in [-0.15, -0.1) is 0 Å². The molecule has 0 aliphatic carbocycles. The summed E-state index contributed by atoms with van der Waals surface area (Å²) in [6.07, 6.45) is 3.69. The SMILES string of the molecule is CCCc1cc(N=Nc2cccc(S(=O)(=O)O)c2)cc(CCC)c1N. The van der Waals surface area contributed by atoms with Crippen molar-refractivity contribution >= 4 is 27.2 Å². The second kappa shape index (κ2) is 8.22. The first-order valence-corrected chi connectivity index (χ1v) is 9.69. The summed E-state index contributed by atoms with van der Waals surface area (Å²) in [5.74, 6) is 0. The Bertz CT molecular complexity index is 850. The van der Waals surface area contributed by atoms with Crippen molar-refractivity contribution < 1.29 is 13.0 Å². The van der Waals surface area contributed by atoms with E-state index in [0.29, 0.717) is 11.4 Å². The second-order valence-corrected chi connectivity index (χ2v) is 7.27. The lowest BCUT2D eigenvalue weighted by Crippen LogP contribution is -2.00. The minimum absolute atomic E-state index is 0.209. The van der Waals surface area contributed by atoms with Crippen LogP contribution in [0.2, 0.25) is 0 Å². The molecular weight excluding hydrogens is 338 g/mol. The van der Waals surface area contributed by atoms with Crippen molar-refractivity contribution in [3.63, 3.8) is 0 Å². The van der Waals surface area contributed by atoms with Gasteiger partial charge in [-0.2, -0.15) is 18.6 Å². The van der Waals surface area contributed by atoms with E-state index >= 15 is 0 Å². The van der Waals surface area contributed by atoms with Crippen LogP contribution >= 0.6 is 0 Å². The lowest BCUT2D eigenvalue weighted by Gasteiger charge is -2.11. The van der Waals surface area contributed by atoms with Gasteiger partial charge in [-0.25, -0.2) is 0 Å². The molecule has 6 nitrogen and oxygen atoms in total. The van der Waals surface area contributed by atoms with Crippen molar-refractivity contribution in [2.24, 2.45) is 10.2 Å². The average molecular weight is 361 g/mol. The van der Waals surface area contributed by atoms with Gasteiger partial charge in [0.2, 0.25) is 0 Å². The Morgan fingerprint density at radius 2 is 1.52 bits per heavy atom. The monoisotopic (exact) mass is 361 g/mol. The van der Waals surface area contributed by atoms with E-state index in [4.69, 9.17) is 10.3 Å². The Labute approximate surface area is 148 Å². The Kier molecular flexibility index (Phi) is 6.27. The van der Waals surface area contributed by atoms with Gasteiger partial charge in [0.15, 0.2) is 0 Å². The fourth-order valence-corrected chi connectivity index (χ4v) is 3.11. The molecule has 0 heterocycles. The first kappa shape index (κ1) is 19.1. The molecule has 0 saturated carbocycles. The standard InChI is InChI=1S/C18H23N3O3S/c1-3-6-13-10-16(11-14(7-4-2)18(13)19)21-20-15-8-5-9-17(12-15)25(22,23)24/h5,8-12H,3-4,6-7,19H2,1-2H3,(H,22,23,24). The van der Waals surface area contributed by atoms with E-state index in [1.165, 1.54) is 18.2 Å². The minimum atomic E-state index is -4.26. The van der Waals surface area contributed by atoms with Gasteiger partial charge in [0.1, 0.15) is 0 Å². The van der Waals surface area contributed by atoms with Crippen LogP contribution in [0.25, 0.3) is 0 Å². The Morgan fingerprint density at radius 1 is 0.960 bits per heavy atom. The normalized spacial score (nSPS) is 12.0. The summed E-state index contributed by atoms with van der Waals surface area (Å²) in [5.41, 5.74) is 10.2. The zero-order valence-corrected chi connectivity index (χ0v) is 15.3. The molecule has 0 saturated heterocycles. The third-order valence-corrected chi connectivity index (χ3v) is 4.62. The molecule has 25 heavy (non-hydrogen) atoms. The number of nitrogens with two attached hydrogens (primary N) is 1. The van der Waals surface area contributed by atoms with E-state index in [2.05, 4.69) is 24.1 Å². The summed E-state index contributed by atoms with van der Waals surface area (Å²) >= 11 is 0. The number of aryl methyl sites for hydroxylation is 2. The molecule has 0 bridgehead atoms. The van der Waals surface area contributed by atoms with Crippen LogP contribution in [0.5, 0.6) is 0 Å². The molecule has 0 aliphatic rings. The van der Waals surface area contributed by atoms with Crippen molar-refractivity contribution in [3.05, 3.63) is 47.5 Å². The Hall–Kier alpha value is -2.25. The smallest absolute Gasteiger partial charge is 0.294 e. The van der Waals surface area contributed by atoms with Gasteiger partial charge in [0.25, 0.3) is 10.1 Å². The van der Waals surface area contributed by atoms with Crippen molar-refractivity contribution in [2.75, 3.05) is 5.73 Å². The van der Waals surface area contributed by atoms with Crippen LogP contribution in [0.3, 0.4) is 0 Å². The maximum atomic E-state index is 11.2. The van der Waals surface area contributed by atoms with E-state index in [1.807, 2.05) is 12.1 Å². The quantitative estimate of drug-likeness (QED) is 0.418. The molecule has 0 unspecified atom stereocenters. The van der Waals surface area contributed by atoms with Crippen LogP contribution in [0.4, 0.5) is 17.1 Å². The molecule has 0 atom stereocenters. The van der Waals surface area contributed by atoms with Crippen LogP contribution in [0, 0.1) is 0 Å². The topological polar surface area (TPSA) is 105 Å². The van der Waals surface area contributed by atoms with Crippen LogP contribution in [0.1, 0.15) is 37.8 Å². The number of benzene rings is 2. The van der Waals surface area contributed by atoms with Gasteiger partial charge in [0.05, 0.1) is 16.3 Å². The molecule has 7 heteroatoms. The van der Waals surface area contributed by atoms with Crippen molar-refractivity contribution in [3.8, 4) is 0 Å². The lowest BCUT2D eigenvalue weighted by atomic mass is 9.99. The third kappa shape index (κ3) is 5.11. The highest BCUT2D eigenvalue weighted by Crippen LogP contribution is 2.29. The zero-order chi connectivity index (χ0) is 18.4. The number of nitrogens with zero attached hydrogens (tertiary/aromatic N) is 2. The molecule has 2 rings (SSSR count). The Balaban J connectivity index is 2.37. The third-order valence-electron chi connectivity index (χ3n) is 3.77. The highest BCUT2D eigenvalue weighted by Gasteiger charge is 2.10. The lowest BCUT2D eigenvalue weighted by molar-refractivity contribution is 0.483. The molecule has 2 aromatic rings. The van der Waals surface area contributed by atoms with E-state index in [1.54, 1.807) is 6.07 Å². The summed E-state index contributed by atoms with van der Waals surface area (Å²) in [6, 6.07) is 9.52. The summed E-state index contributed by atoms with van der Waals surface area (Å²) in [7, 11) is -4.26. The predicted molar refractivity (Wildman–Crippen MR) is 99.3 cm³/mol. The molecule has 2 aromatic carbocycles. The number of hydrogen-bond acceptors (Lipinski definition) is 5. The molecule has 0 amide bonds. The first-order chi connectivity index (χ1) is 11.8. The zero-order valence-electron chi connectivity index (χ0n) is 14.4. The van der Waals surface area contributed by atoms with Gasteiger partial charge in [-0.1, -0.05) is 32.8 Å². The molecule has 0 spiro atoms. The largest absolute Gasteiger partial charge is 0.398 e. The highest BCUT2D eigenvalue weighted by atomic mass is 32.2. The fourth-order valence-electron chi connectivity index (χ4n) is 2.59. The van der Waals surface area contributed by atoms with Gasteiger partial charge < -0.3 is 5.73 Å². The number of azo groups is 1. The van der Waals surface area contributed by atoms with Crippen LogP contribution in [-0.2, 0) is 23.0 Å². The number of anilines is 1. The fraction of sp³-hybridized carbons (Fsp3) is 0.333. The second-order valence-electron chi connectivity index (χ2n) is 5.85. The predicted octanol–water partition coefficient (Wildman–Crippen LogP) is 4.84. The summed E-state index contributed by atoms with van der Waals surface area (Å²) in [4.78, 5) is -0.209. The van der Waals surface area contributed by atoms with Gasteiger partial charge in [0, 0.05) is 5.69 Å². The highest BCUT2D eigenvalue weighted by molar-refractivity contribution is 7.85. The van der Waals surface area contributed by atoms with Crippen molar-refractivity contribution in [2.45, 2.75) is 44.4 Å². The van der Waals surface area contributed by atoms with Crippen LogP contribution in [0.15, 0.2) is 51.5 Å². The molecule has 0 radical (unpaired) electrons. The molecule has 0 aliphatic heterocycles. The van der Waals surface area contributed by atoms with E-state index < -0.39 is 10.1 Å². The Morgan fingerprint density at radius 3 is 2.04 bits per heavy atom. The molecule has 134 valence electrons. The van der Waals surface area contributed by atoms with E-state index in [-0.39, 0.29) is 4.90 Å². The molecule has 3 N–H and O–H groups in total. The van der Waals surface area contributed by atoms with E-state index in [9.17, 15) is 8.42 Å². The molecule has 0 aromatic heterocycles. The maximum absolute atomic E-state index is 11.2. The van der Waals surface area contributed by atoms with Gasteiger partial charge in [-0.05, 0) is 54.3 Å². The first-order valence-electron chi connectivity index (χ1n) is 8.25. The average Bonchev–Trinajstić information content (AvgIpc) is 2.57. The number of hydrogen-bond donors (Lipinski definition) is 2. The van der Waals surface area contributed by atoms with Crippen LogP contribution < -0.4 is 5.73 Å². The van der Waals surface area contributed by atoms with Crippen molar-refractivity contribution in [1.29, 1.82) is 0 Å². The van der Waals surface area contributed by atoms with Gasteiger partial charge in [-0.3, -0.25) is 4.55 Å². The minimum Gasteiger partial charge on any atom is -0.398 e. The van der Waals surface area contributed by atoms with Crippen molar-refractivity contribution in [1.82, 2.24) is 0 Å². The summed E-state index contributed by atoms with van der Waals surface area (Å²) < 4.78 is 31.5. The summed E-state index contributed by atoms with van der Waals surface area (Å²) in [5, 5.41) is 8.31. The molecular formula is C18H23N3O3S. The summed E-state index contributed by atoms with van der Waals surface area (Å²) in [6.45, 7) is 4.18.